The highest BCUT2D eigenvalue weighted by molar-refractivity contribution is 8.13. The first-order chi connectivity index (χ1) is 8.13. The lowest BCUT2D eigenvalue weighted by Gasteiger charge is -1.96. The highest BCUT2D eigenvalue weighted by Gasteiger charge is 1.99. The van der Waals surface area contributed by atoms with Crippen molar-refractivity contribution in [1.82, 2.24) is 0 Å². The molecular weight excluding hydrogens is 256 g/mol. The number of halogens is 1. The van der Waals surface area contributed by atoms with Crippen LogP contribution in [0.5, 0.6) is 0 Å². The van der Waals surface area contributed by atoms with Gasteiger partial charge in [0.25, 0.3) is 0 Å². The standard InChI is InChI=1S/C13H11ClO2S/c1-10(16)17-7-3-2-4-11-8-13(14)6-5-12(11)9-15/h5-6,8-9H,3,7H2,1H3. The lowest BCUT2D eigenvalue weighted by Crippen LogP contribution is -1.87. The third-order valence-corrected chi connectivity index (χ3v) is 2.95. The van der Waals surface area contributed by atoms with E-state index in [4.69, 9.17) is 11.6 Å². The molecule has 0 aliphatic heterocycles. The Kier molecular flexibility index (Phi) is 5.82. The van der Waals surface area contributed by atoms with E-state index in [9.17, 15) is 9.59 Å². The highest BCUT2D eigenvalue weighted by atomic mass is 35.5. The number of hydrogen-bond donors (Lipinski definition) is 0. The molecule has 0 amide bonds. The van der Waals surface area contributed by atoms with Crippen LogP contribution in [0.4, 0.5) is 0 Å². The number of thioether (sulfide) groups is 1. The SMILES string of the molecule is CC(=O)SCCC#Cc1cc(Cl)ccc1C=O. The van der Waals surface area contributed by atoms with Crippen molar-refractivity contribution in [3.8, 4) is 11.8 Å². The minimum absolute atomic E-state index is 0.0862. The summed E-state index contributed by atoms with van der Waals surface area (Å²) in [6, 6.07) is 4.96. The molecule has 0 heterocycles. The third-order valence-electron chi connectivity index (χ3n) is 1.90. The van der Waals surface area contributed by atoms with Gasteiger partial charge in [-0.1, -0.05) is 35.2 Å². The summed E-state index contributed by atoms with van der Waals surface area (Å²) in [5.74, 6) is 6.47. The third kappa shape index (κ3) is 5.08. The van der Waals surface area contributed by atoms with Gasteiger partial charge in [-0.05, 0) is 18.2 Å². The molecule has 1 rings (SSSR count). The van der Waals surface area contributed by atoms with Crippen molar-refractivity contribution in [3.05, 3.63) is 34.3 Å². The normalized spacial score (nSPS) is 9.29. The second kappa shape index (κ2) is 7.16. The van der Waals surface area contributed by atoms with Gasteiger partial charge < -0.3 is 0 Å². The van der Waals surface area contributed by atoms with Crippen LogP contribution in [0.25, 0.3) is 0 Å². The van der Waals surface area contributed by atoms with Crippen molar-refractivity contribution in [2.45, 2.75) is 13.3 Å². The van der Waals surface area contributed by atoms with Gasteiger partial charge in [0.2, 0.25) is 0 Å². The molecule has 0 aliphatic rings. The van der Waals surface area contributed by atoms with Crippen LogP contribution in [0.15, 0.2) is 18.2 Å². The number of aldehydes is 1. The molecule has 0 fully saturated rings. The maximum Gasteiger partial charge on any atom is 0.185 e. The van der Waals surface area contributed by atoms with Gasteiger partial charge >= 0.3 is 0 Å². The van der Waals surface area contributed by atoms with Gasteiger partial charge in [0.05, 0.1) is 0 Å². The fourth-order valence-corrected chi connectivity index (χ4v) is 1.81. The van der Waals surface area contributed by atoms with Crippen LogP contribution in [0.3, 0.4) is 0 Å². The lowest BCUT2D eigenvalue weighted by molar-refractivity contribution is -0.109. The Bertz CT molecular complexity index is 486. The molecule has 4 heteroatoms. The molecule has 0 radical (unpaired) electrons. The van der Waals surface area contributed by atoms with Crippen LogP contribution in [0, 0.1) is 11.8 Å². The van der Waals surface area contributed by atoms with E-state index < -0.39 is 0 Å². The maximum absolute atomic E-state index is 10.8. The largest absolute Gasteiger partial charge is 0.298 e. The Balaban J connectivity index is 2.67. The number of carbonyl (C=O) groups is 2. The summed E-state index contributed by atoms with van der Waals surface area (Å²) in [5.41, 5.74) is 1.15. The van der Waals surface area contributed by atoms with E-state index in [1.807, 2.05) is 0 Å². The summed E-state index contributed by atoms with van der Waals surface area (Å²) in [6.07, 6.45) is 1.36. The number of hydrogen-bond acceptors (Lipinski definition) is 3. The molecule has 17 heavy (non-hydrogen) atoms. The number of carbonyl (C=O) groups excluding carboxylic acids is 2. The summed E-state index contributed by atoms with van der Waals surface area (Å²) >= 11 is 7.07. The van der Waals surface area contributed by atoms with Crippen LogP contribution >= 0.6 is 23.4 Å². The summed E-state index contributed by atoms with van der Waals surface area (Å²) in [5, 5.41) is 0.640. The van der Waals surface area contributed by atoms with Gasteiger partial charge in [0, 0.05) is 35.2 Å². The molecule has 1 aromatic carbocycles. The average molecular weight is 267 g/mol. The van der Waals surface area contributed by atoms with Gasteiger partial charge in [0.1, 0.15) is 0 Å². The zero-order valence-corrected chi connectivity index (χ0v) is 10.9. The zero-order valence-electron chi connectivity index (χ0n) is 9.33. The van der Waals surface area contributed by atoms with E-state index in [1.54, 1.807) is 18.2 Å². The number of rotatable bonds is 3. The average Bonchev–Trinajstić information content (AvgIpc) is 2.28. The second-order valence-electron chi connectivity index (χ2n) is 3.24. The molecule has 0 bridgehead atoms. The summed E-state index contributed by atoms with van der Waals surface area (Å²) in [7, 11) is 0. The topological polar surface area (TPSA) is 34.1 Å². The smallest absolute Gasteiger partial charge is 0.185 e. The van der Waals surface area contributed by atoms with Crippen molar-refractivity contribution in [2.24, 2.45) is 0 Å². The molecule has 88 valence electrons. The monoisotopic (exact) mass is 266 g/mol. The maximum atomic E-state index is 10.8. The van der Waals surface area contributed by atoms with Crippen molar-refractivity contribution < 1.29 is 9.59 Å². The first-order valence-electron chi connectivity index (χ1n) is 5.00. The summed E-state index contributed by atoms with van der Waals surface area (Å²) < 4.78 is 0. The Morgan fingerprint density at radius 3 is 2.94 bits per heavy atom. The van der Waals surface area contributed by atoms with Gasteiger partial charge in [-0.25, -0.2) is 0 Å². The van der Waals surface area contributed by atoms with Crippen molar-refractivity contribution in [1.29, 1.82) is 0 Å². The van der Waals surface area contributed by atoms with E-state index in [0.29, 0.717) is 28.3 Å². The molecule has 0 aromatic heterocycles. The molecule has 2 nitrogen and oxygen atoms in total. The first-order valence-corrected chi connectivity index (χ1v) is 6.37. The molecule has 0 atom stereocenters. The van der Waals surface area contributed by atoms with Gasteiger partial charge in [-0.3, -0.25) is 9.59 Å². The van der Waals surface area contributed by atoms with Crippen LogP contribution in [0.2, 0.25) is 5.02 Å². The Morgan fingerprint density at radius 2 is 2.29 bits per heavy atom. The molecule has 0 saturated carbocycles. The van der Waals surface area contributed by atoms with Crippen LogP contribution in [-0.2, 0) is 4.79 Å². The fourth-order valence-electron chi connectivity index (χ4n) is 1.14. The van der Waals surface area contributed by atoms with Crippen LogP contribution in [-0.4, -0.2) is 17.2 Å². The van der Waals surface area contributed by atoms with Crippen molar-refractivity contribution >= 4 is 34.8 Å². The lowest BCUT2D eigenvalue weighted by atomic mass is 10.1. The Hall–Kier alpha value is -1.24. The quantitative estimate of drug-likeness (QED) is 0.479. The Labute approximate surface area is 110 Å². The predicted molar refractivity (Wildman–Crippen MR) is 71.5 cm³/mol. The summed E-state index contributed by atoms with van der Waals surface area (Å²) in [6.45, 7) is 1.53. The predicted octanol–water partition coefficient (Wildman–Crippen LogP) is 3.17. The molecule has 0 spiro atoms. The molecule has 0 saturated heterocycles. The van der Waals surface area contributed by atoms with Crippen molar-refractivity contribution in [3.63, 3.8) is 0 Å². The number of benzene rings is 1. The molecule has 1 aromatic rings. The summed E-state index contributed by atoms with van der Waals surface area (Å²) in [4.78, 5) is 21.4. The molecule has 0 aliphatic carbocycles. The fraction of sp³-hybridized carbons (Fsp3) is 0.231. The minimum Gasteiger partial charge on any atom is -0.298 e. The van der Waals surface area contributed by atoms with E-state index in [0.717, 1.165) is 6.29 Å². The van der Waals surface area contributed by atoms with Crippen molar-refractivity contribution in [2.75, 3.05) is 5.75 Å². The minimum atomic E-state index is 0.0862. The second-order valence-corrected chi connectivity index (χ2v) is 4.95. The molecular formula is C13H11ClO2S. The van der Waals surface area contributed by atoms with E-state index in [1.165, 1.54) is 18.7 Å². The molecule has 0 N–H and O–H groups in total. The Morgan fingerprint density at radius 1 is 1.53 bits per heavy atom. The zero-order chi connectivity index (χ0) is 12.7. The van der Waals surface area contributed by atoms with Gasteiger partial charge in [-0.15, -0.1) is 0 Å². The van der Waals surface area contributed by atoms with Gasteiger partial charge in [-0.2, -0.15) is 0 Å². The van der Waals surface area contributed by atoms with E-state index >= 15 is 0 Å². The van der Waals surface area contributed by atoms with Gasteiger partial charge in [0.15, 0.2) is 11.4 Å². The van der Waals surface area contributed by atoms with E-state index in [2.05, 4.69) is 11.8 Å². The molecule has 0 unspecified atom stereocenters. The first kappa shape index (κ1) is 13.8. The van der Waals surface area contributed by atoms with E-state index in [-0.39, 0.29) is 5.12 Å². The van der Waals surface area contributed by atoms with Crippen LogP contribution in [0.1, 0.15) is 29.3 Å². The highest BCUT2D eigenvalue weighted by Crippen LogP contribution is 2.14. The van der Waals surface area contributed by atoms with Crippen LogP contribution < -0.4 is 0 Å².